The molecule has 2 unspecified atom stereocenters. The van der Waals surface area contributed by atoms with Gasteiger partial charge in [0.25, 0.3) is 5.91 Å². The molecule has 98 valence electrons. The lowest BCUT2D eigenvalue weighted by molar-refractivity contribution is 0.0866. The van der Waals surface area contributed by atoms with E-state index in [2.05, 4.69) is 15.6 Å². The third kappa shape index (κ3) is 2.98. The van der Waals surface area contributed by atoms with Crippen molar-refractivity contribution in [1.82, 2.24) is 10.3 Å². The molecule has 0 spiro atoms. The number of carbonyl (C=O) groups excluding carboxylic acids is 1. The van der Waals surface area contributed by atoms with Crippen LogP contribution < -0.4 is 10.6 Å². The number of carbonyl (C=O) groups is 1. The summed E-state index contributed by atoms with van der Waals surface area (Å²) in [6, 6.07) is 3.69. The van der Waals surface area contributed by atoms with Crippen LogP contribution in [0, 0.1) is 0 Å². The fourth-order valence-corrected chi connectivity index (χ4v) is 1.99. The van der Waals surface area contributed by atoms with Crippen LogP contribution in [0.25, 0.3) is 0 Å². The lowest BCUT2D eigenvalue weighted by Crippen LogP contribution is -2.39. The second-order valence-corrected chi connectivity index (χ2v) is 4.41. The van der Waals surface area contributed by atoms with Gasteiger partial charge in [0.2, 0.25) is 0 Å². The third-order valence-electron chi connectivity index (χ3n) is 3.08. The standard InChI is InChI=1S/C13H19N3O2/c1-3-14-12-5-4-10(8-15-12)13(17)16-11-6-7-18-9(11)2/h4-5,8-9,11H,3,6-7H2,1-2H3,(H,14,15)(H,16,17). The van der Waals surface area contributed by atoms with E-state index in [1.165, 1.54) is 0 Å². The molecular weight excluding hydrogens is 230 g/mol. The number of ether oxygens (including phenoxy) is 1. The van der Waals surface area contributed by atoms with Crippen molar-refractivity contribution in [2.45, 2.75) is 32.4 Å². The van der Waals surface area contributed by atoms with Gasteiger partial charge in [-0.25, -0.2) is 4.98 Å². The van der Waals surface area contributed by atoms with Crippen molar-refractivity contribution in [2.75, 3.05) is 18.5 Å². The van der Waals surface area contributed by atoms with Gasteiger partial charge < -0.3 is 15.4 Å². The number of pyridine rings is 1. The topological polar surface area (TPSA) is 63.2 Å². The highest BCUT2D eigenvalue weighted by molar-refractivity contribution is 5.94. The SMILES string of the molecule is CCNc1ccc(C(=O)NC2CCOC2C)cn1. The summed E-state index contributed by atoms with van der Waals surface area (Å²) in [7, 11) is 0. The van der Waals surface area contributed by atoms with Gasteiger partial charge in [0.05, 0.1) is 17.7 Å². The zero-order valence-corrected chi connectivity index (χ0v) is 10.8. The first kappa shape index (κ1) is 12.8. The monoisotopic (exact) mass is 249 g/mol. The molecular formula is C13H19N3O2. The second kappa shape index (κ2) is 5.82. The van der Waals surface area contributed by atoms with Crippen molar-refractivity contribution >= 4 is 11.7 Å². The minimum atomic E-state index is -0.0899. The molecule has 1 amide bonds. The van der Waals surface area contributed by atoms with E-state index in [0.717, 1.165) is 18.8 Å². The van der Waals surface area contributed by atoms with Crippen LogP contribution in [0.3, 0.4) is 0 Å². The quantitative estimate of drug-likeness (QED) is 0.847. The Hall–Kier alpha value is -1.62. The van der Waals surface area contributed by atoms with Crippen LogP contribution in [0.15, 0.2) is 18.3 Å². The zero-order chi connectivity index (χ0) is 13.0. The minimum Gasteiger partial charge on any atom is -0.376 e. The molecule has 18 heavy (non-hydrogen) atoms. The summed E-state index contributed by atoms with van der Waals surface area (Å²) < 4.78 is 5.41. The van der Waals surface area contributed by atoms with Gasteiger partial charge in [-0.3, -0.25) is 4.79 Å². The molecule has 0 radical (unpaired) electrons. The highest BCUT2D eigenvalue weighted by Gasteiger charge is 2.25. The summed E-state index contributed by atoms with van der Waals surface area (Å²) in [6.45, 7) is 5.51. The molecule has 5 nitrogen and oxygen atoms in total. The average molecular weight is 249 g/mol. The number of aromatic nitrogens is 1. The minimum absolute atomic E-state index is 0.0861. The Labute approximate surface area is 107 Å². The zero-order valence-electron chi connectivity index (χ0n) is 10.8. The number of hydrogen-bond acceptors (Lipinski definition) is 4. The van der Waals surface area contributed by atoms with E-state index in [0.29, 0.717) is 12.2 Å². The average Bonchev–Trinajstić information content (AvgIpc) is 2.76. The van der Waals surface area contributed by atoms with Gasteiger partial charge >= 0.3 is 0 Å². The maximum Gasteiger partial charge on any atom is 0.253 e. The van der Waals surface area contributed by atoms with Crippen LogP contribution in [0.4, 0.5) is 5.82 Å². The molecule has 2 heterocycles. The van der Waals surface area contributed by atoms with Crippen LogP contribution in [-0.4, -0.2) is 36.2 Å². The molecule has 2 rings (SSSR count). The summed E-state index contributed by atoms with van der Waals surface area (Å²) in [5.41, 5.74) is 0.579. The predicted octanol–water partition coefficient (Wildman–Crippen LogP) is 1.42. The smallest absolute Gasteiger partial charge is 0.253 e. The Morgan fingerprint density at radius 3 is 2.94 bits per heavy atom. The fraction of sp³-hybridized carbons (Fsp3) is 0.538. The van der Waals surface area contributed by atoms with Crippen LogP contribution >= 0.6 is 0 Å². The van der Waals surface area contributed by atoms with Gasteiger partial charge in [0, 0.05) is 19.3 Å². The van der Waals surface area contributed by atoms with Crippen molar-refractivity contribution in [3.63, 3.8) is 0 Å². The number of nitrogens with zero attached hydrogens (tertiary/aromatic N) is 1. The number of amides is 1. The van der Waals surface area contributed by atoms with Crippen molar-refractivity contribution < 1.29 is 9.53 Å². The van der Waals surface area contributed by atoms with E-state index in [9.17, 15) is 4.79 Å². The van der Waals surface area contributed by atoms with Crippen molar-refractivity contribution in [3.05, 3.63) is 23.9 Å². The van der Waals surface area contributed by atoms with Gasteiger partial charge in [-0.15, -0.1) is 0 Å². The van der Waals surface area contributed by atoms with E-state index >= 15 is 0 Å². The molecule has 0 aliphatic carbocycles. The Bertz CT molecular complexity index is 405. The summed E-state index contributed by atoms with van der Waals surface area (Å²) in [6.07, 6.45) is 2.55. The van der Waals surface area contributed by atoms with E-state index < -0.39 is 0 Å². The molecule has 1 aromatic rings. The second-order valence-electron chi connectivity index (χ2n) is 4.41. The highest BCUT2D eigenvalue weighted by Crippen LogP contribution is 2.13. The van der Waals surface area contributed by atoms with Gasteiger partial charge in [-0.05, 0) is 32.4 Å². The largest absolute Gasteiger partial charge is 0.376 e. The number of rotatable bonds is 4. The maximum atomic E-state index is 12.0. The molecule has 2 atom stereocenters. The van der Waals surface area contributed by atoms with Crippen LogP contribution in [0.1, 0.15) is 30.6 Å². The Kier molecular flexibility index (Phi) is 4.15. The van der Waals surface area contributed by atoms with E-state index in [1.54, 1.807) is 12.3 Å². The highest BCUT2D eigenvalue weighted by atomic mass is 16.5. The first-order valence-corrected chi connectivity index (χ1v) is 6.33. The van der Waals surface area contributed by atoms with E-state index in [4.69, 9.17) is 4.74 Å². The Morgan fingerprint density at radius 1 is 1.56 bits per heavy atom. The van der Waals surface area contributed by atoms with Crippen LogP contribution in [0.2, 0.25) is 0 Å². The maximum absolute atomic E-state index is 12.0. The first-order valence-electron chi connectivity index (χ1n) is 6.33. The van der Waals surface area contributed by atoms with Crippen LogP contribution in [-0.2, 0) is 4.74 Å². The molecule has 1 aliphatic rings. The fourth-order valence-electron chi connectivity index (χ4n) is 1.99. The molecule has 1 aromatic heterocycles. The molecule has 1 fully saturated rings. The number of nitrogens with one attached hydrogen (secondary N) is 2. The first-order chi connectivity index (χ1) is 8.70. The lowest BCUT2D eigenvalue weighted by Gasteiger charge is -2.15. The van der Waals surface area contributed by atoms with Gasteiger partial charge in [0.1, 0.15) is 5.82 Å². The van der Waals surface area contributed by atoms with Crippen molar-refractivity contribution in [3.8, 4) is 0 Å². The lowest BCUT2D eigenvalue weighted by atomic mass is 10.1. The van der Waals surface area contributed by atoms with E-state index in [-0.39, 0.29) is 18.1 Å². The molecule has 1 aliphatic heterocycles. The summed E-state index contributed by atoms with van der Waals surface area (Å²) in [4.78, 5) is 16.2. The van der Waals surface area contributed by atoms with E-state index in [1.807, 2.05) is 19.9 Å². The van der Waals surface area contributed by atoms with Gasteiger partial charge in [-0.1, -0.05) is 0 Å². The third-order valence-corrected chi connectivity index (χ3v) is 3.08. The summed E-state index contributed by atoms with van der Waals surface area (Å²) in [5, 5.41) is 6.06. The normalized spacial score (nSPS) is 22.8. The molecule has 5 heteroatoms. The Morgan fingerprint density at radius 2 is 2.39 bits per heavy atom. The molecule has 0 aromatic carbocycles. The van der Waals surface area contributed by atoms with Crippen LogP contribution in [0.5, 0.6) is 0 Å². The Balaban J connectivity index is 1.96. The summed E-state index contributed by atoms with van der Waals surface area (Å²) in [5.74, 6) is 0.694. The number of hydrogen-bond donors (Lipinski definition) is 2. The summed E-state index contributed by atoms with van der Waals surface area (Å²) >= 11 is 0. The van der Waals surface area contributed by atoms with Gasteiger partial charge in [0.15, 0.2) is 0 Å². The van der Waals surface area contributed by atoms with Gasteiger partial charge in [-0.2, -0.15) is 0 Å². The predicted molar refractivity (Wildman–Crippen MR) is 69.7 cm³/mol. The van der Waals surface area contributed by atoms with Crippen molar-refractivity contribution in [2.24, 2.45) is 0 Å². The molecule has 0 bridgehead atoms. The van der Waals surface area contributed by atoms with Crippen molar-refractivity contribution in [1.29, 1.82) is 0 Å². The molecule has 2 N–H and O–H groups in total. The number of anilines is 1. The molecule has 0 saturated carbocycles. The molecule has 1 saturated heterocycles.